The zero-order valence-corrected chi connectivity index (χ0v) is 22.1. The molecule has 0 spiro atoms. The number of carboxylic acids is 1. The van der Waals surface area contributed by atoms with E-state index in [1.807, 2.05) is 85.1 Å². The van der Waals surface area contributed by atoms with E-state index < -0.39 is 5.97 Å². The monoisotopic (exact) mass is 534 g/mol. The van der Waals surface area contributed by atoms with Crippen LogP contribution in [0.25, 0.3) is 44.0 Å². The molecular formula is C32H30N4O4. The van der Waals surface area contributed by atoms with Gasteiger partial charge < -0.3 is 25.1 Å². The van der Waals surface area contributed by atoms with Gasteiger partial charge in [0.2, 0.25) is 0 Å². The number of benzene rings is 4. The predicted molar refractivity (Wildman–Crippen MR) is 159 cm³/mol. The number of fused-ring (bicyclic) bond motifs is 4. The maximum absolute atomic E-state index is 13.2. The average Bonchev–Trinajstić information content (AvgIpc) is 3.32. The molecule has 0 atom stereocenters. The van der Waals surface area contributed by atoms with Crippen LogP contribution in [-0.2, 0) is 17.9 Å². The molecule has 4 aromatic carbocycles. The number of carbonyl (C=O) groups is 1. The van der Waals surface area contributed by atoms with Crippen LogP contribution < -0.4 is 16.0 Å². The van der Waals surface area contributed by atoms with E-state index in [9.17, 15) is 4.79 Å². The minimum atomic E-state index is -0.833. The summed E-state index contributed by atoms with van der Waals surface area (Å²) in [5.41, 5.74) is 10.4. The summed E-state index contributed by atoms with van der Waals surface area (Å²) < 4.78 is 8.22. The van der Waals surface area contributed by atoms with Gasteiger partial charge in [0.05, 0.1) is 16.6 Å². The number of aromatic nitrogens is 3. The van der Waals surface area contributed by atoms with Gasteiger partial charge in [0.15, 0.2) is 0 Å². The van der Waals surface area contributed by atoms with Gasteiger partial charge in [0, 0.05) is 42.1 Å². The minimum Gasteiger partial charge on any atom is -0.489 e. The number of aliphatic carboxylic acids is 1. The fraction of sp³-hybridized carbons (Fsp3) is 0.156. The second-order valence-electron chi connectivity index (χ2n) is 9.45. The number of ether oxygens (including phenoxy) is 1. The summed E-state index contributed by atoms with van der Waals surface area (Å²) in [6, 6.07) is 28.1. The van der Waals surface area contributed by atoms with Crippen LogP contribution in [0.5, 0.6) is 5.75 Å². The number of rotatable bonds is 7. The molecule has 0 unspecified atom stereocenters. The SMILES string of the molecule is CC(=O)O.NCCCn1cc(-c2nc3c(ccc4ccccc43)[nH]c2=O)c2ccc(OCc3ccccc3)cc21. The summed E-state index contributed by atoms with van der Waals surface area (Å²) in [7, 11) is 0. The van der Waals surface area contributed by atoms with Crippen molar-refractivity contribution in [2.45, 2.75) is 26.5 Å². The van der Waals surface area contributed by atoms with Gasteiger partial charge in [-0.1, -0.05) is 60.7 Å². The van der Waals surface area contributed by atoms with Crippen molar-refractivity contribution in [1.82, 2.24) is 14.5 Å². The second kappa shape index (κ2) is 11.8. The Morgan fingerprint density at radius 3 is 2.52 bits per heavy atom. The Bertz CT molecular complexity index is 1850. The van der Waals surface area contributed by atoms with Crippen molar-refractivity contribution in [3.8, 4) is 17.0 Å². The van der Waals surface area contributed by atoms with Crippen molar-refractivity contribution >= 4 is 38.7 Å². The quantitative estimate of drug-likeness (QED) is 0.225. The van der Waals surface area contributed by atoms with Crippen molar-refractivity contribution < 1.29 is 14.6 Å². The van der Waals surface area contributed by atoms with Crippen LogP contribution in [0.3, 0.4) is 0 Å². The van der Waals surface area contributed by atoms with Crippen LogP contribution in [0, 0.1) is 0 Å². The zero-order valence-electron chi connectivity index (χ0n) is 22.1. The molecule has 0 saturated heterocycles. The van der Waals surface area contributed by atoms with Gasteiger partial charge in [0.1, 0.15) is 18.1 Å². The Labute approximate surface area is 230 Å². The molecule has 8 heteroatoms. The first-order chi connectivity index (χ1) is 19.4. The Balaban J connectivity index is 0.000000758. The molecule has 0 saturated carbocycles. The molecule has 0 radical (unpaired) electrons. The molecule has 0 fully saturated rings. The zero-order chi connectivity index (χ0) is 28.1. The van der Waals surface area contributed by atoms with Crippen LogP contribution in [0.4, 0.5) is 0 Å². The highest BCUT2D eigenvalue weighted by Crippen LogP contribution is 2.32. The van der Waals surface area contributed by atoms with Crippen LogP contribution in [0.15, 0.2) is 95.9 Å². The number of nitrogens with one attached hydrogen (secondary N) is 1. The third-order valence-electron chi connectivity index (χ3n) is 6.55. The lowest BCUT2D eigenvalue weighted by molar-refractivity contribution is -0.134. The molecular weight excluding hydrogens is 504 g/mol. The van der Waals surface area contributed by atoms with Gasteiger partial charge in [-0.15, -0.1) is 0 Å². The molecule has 4 N–H and O–H groups in total. The van der Waals surface area contributed by atoms with Crippen LogP contribution >= 0.6 is 0 Å². The number of nitrogens with zero attached hydrogens (tertiary/aromatic N) is 2. The molecule has 202 valence electrons. The second-order valence-corrected chi connectivity index (χ2v) is 9.45. The molecule has 8 nitrogen and oxygen atoms in total. The predicted octanol–water partition coefficient (Wildman–Crippen LogP) is 5.72. The average molecular weight is 535 g/mol. The standard InChI is InChI=1S/C30H26N4O2.C2H4O2/c31-15-6-16-34-18-25(24-13-12-22(17-27(24)34)36-19-20-7-2-1-3-8-20)29-30(35)32-26-14-11-21-9-4-5-10-23(21)28(26)33-29;1-2(3)4/h1-5,7-14,17-18H,6,15-16,19,31H2,(H,32,35);1H3,(H,3,4). The third kappa shape index (κ3) is 5.72. The van der Waals surface area contributed by atoms with E-state index in [4.69, 9.17) is 25.4 Å². The summed E-state index contributed by atoms with van der Waals surface area (Å²) in [6.45, 7) is 2.89. The molecule has 0 aliphatic rings. The van der Waals surface area contributed by atoms with Crippen LogP contribution in [0.2, 0.25) is 0 Å². The Morgan fingerprint density at radius 2 is 1.75 bits per heavy atom. The van der Waals surface area contributed by atoms with Gasteiger partial charge in [-0.05, 0) is 42.1 Å². The molecule has 2 aromatic heterocycles. The Morgan fingerprint density at radius 1 is 1.00 bits per heavy atom. The Hall–Kier alpha value is -4.95. The molecule has 0 aliphatic heterocycles. The van der Waals surface area contributed by atoms with Gasteiger partial charge in [-0.2, -0.15) is 0 Å². The van der Waals surface area contributed by atoms with Crippen molar-refractivity contribution in [2.24, 2.45) is 5.73 Å². The highest BCUT2D eigenvalue weighted by molar-refractivity contribution is 6.05. The molecule has 0 bridgehead atoms. The highest BCUT2D eigenvalue weighted by Gasteiger charge is 2.17. The number of hydrogen-bond acceptors (Lipinski definition) is 5. The smallest absolute Gasteiger partial charge is 0.300 e. The largest absolute Gasteiger partial charge is 0.489 e. The Kier molecular flexibility index (Phi) is 7.89. The number of aromatic amines is 1. The van der Waals surface area contributed by atoms with Crippen LogP contribution in [0.1, 0.15) is 18.9 Å². The van der Waals surface area contributed by atoms with Crippen molar-refractivity contribution in [2.75, 3.05) is 6.54 Å². The number of H-pyrrole nitrogens is 1. The molecule has 0 amide bonds. The van der Waals surface area contributed by atoms with Gasteiger partial charge in [-0.25, -0.2) is 4.98 Å². The molecule has 40 heavy (non-hydrogen) atoms. The van der Waals surface area contributed by atoms with Crippen molar-refractivity contribution in [1.29, 1.82) is 0 Å². The van der Waals surface area contributed by atoms with E-state index in [0.717, 1.165) is 69.5 Å². The van der Waals surface area contributed by atoms with E-state index >= 15 is 0 Å². The van der Waals surface area contributed by atoms with Gasteiger partial charge >= 0.3 is 0 Å². The number of carboxylic acid groups (broad SMARTS) is 1. The van der Waals surface area contributed by atoms with E-state index in [1.165, 1.54) is 0 Å². The molecule has 6 aromatic rings. The first kappa shape index (κ1) is 26.6. The maximum atomic E-state index is 13.2. The third-order valence-corrected chi connectivity index (χ3v) is 6.55. The first-order valence-electron chi connectivity index (χ1n) is 13.1. The van der Waals surface area contributed by atoms with E-state index in [1.54, 1.807) is 0 Å². The highest BCUT2D eigenvalue weighted by atomic mass is 16.5. The normalized spacial score (nSPS) is 10.9. The fourth-order valence-corrected chi connectivity index (χ4v) is 4.74. The fourth-order valence-electron chi connectivity index (χ4n) is 4.74. The number of hydrogen-bond donors (Lipinski definition) is 3. The minimum absolute atomic E-state index is 0.208. The van der Waals surface area contributed by atoms with Crippen molar-refractivity contribution in [3.63, 3.8) is 0 Å². The first-order valence-corrected chi connectivity index (χ1v) is 13.1. The van der Waals surface area contributed by atoms with Crippen LogP contribution in [-0.4, -0.2) is 32.2 Å². The van der Waals surface area contributed by atoms with E-state index in [2.05, 4.69) is 15.6 Å². The van der Waals surface area contributed by atoms with Crippen molar-refractivity contribution in [3.05, 3.63) is 107 Å². The number of aryl methyl sites for hydroxylation is 1. The summed E-state index contributed by atoms with van der Waals surface area (Å²) in [6.07, 6.45) is 2.83. The summed E-state index contributed by atoms with van der Waals surface area (Å²) in [5.74, 6) is -0.0589. The molecule has 6 rings (SSSR count). The summed E-state index contributed by atoms with van der Waals surface area (Å²) >= 11 is 0. The lowest BCUT2D eigenvalue weighted by atomic mass is 10.1. The van der Waals surface area contributed by atoms with Gasteiger partial charge in [0.25, 0.3) is 11.5 Å². The lowest BCUT2D eigenvalue weighted by Gasteiger charge is -2.09. The summed E-state index contributed by atoms with van der Waals surface area (Å²) in [4.78, 5) is 30.1. The topological polar surface area (TPSA) is 123 Å². The number of nitrogens with two attached hydrogens (primary N) is 1. The molecule has 2 heterocycles. The lowest BCUT2D eigenvalue weighted by Crippen LogP contribution is -2.11. The van der Waals surface area contributed by atoms with Gasteiger partial charge in [-0.3, -0.25) is 9.59 Å². The van der Waals surface area contributed by atoms with E-state index in [-0.39, 0.29) is 5.56 Å². The van der Waals surface area contributed by atoms with E-state index in [0.29, 0.717) is 18.8 Å². The molecule has 0 aliphatic carbocycles. The maximum Gasteiger partial charge on any atom is 0.300 e. The summed E-state index contributed by atoms with van der Waals surface area (Å²) in [5, 5.41) is 10.5.